The summed E-state index contributed by atoms with van der Waals surface area (Å²) in [6.45, 7) is 1.67. The normalized spacial score (nSPS) is 10.8. The molecule has 24 heavy (non-hydrogen) atoms. The Bertz CT molecular complexity index is 866. The molecule has 0 aliphatic heterocycles. The summed E-state index contributed by atoms with van der Waals surface area (Å²) in [6, 6.07) is 10.2. The van der Waals surface area contributed by atoms with Gasteiger partial charge >= 0.3 is 0 Å². The fourth-order valence-electron chi connectivity index (χ4n) is 1.89. The van der Waals surface area contributed by atoms with Gasteiger partial charge < -0.3 is 4.74 Å². The first kappa shape index (κ1) is 17.9. The Morgan fingerprint density at radius 2 is 1.71 bits per heavy atom. The minimum atomic E-state index is -4.31. The van der Waals surface area contributed by atoms with Crippen molar-refractivity contribution in [3.63, 3.8) is 0 Å². The van der Waals surface area contributed by atoms with E-state index in [4.69, 9.17) is 4.74 Å². The van der Waals surface area contributed by atoms with Crippen molar-refractivity contribution < 1.29 is 21.9 Å². The number of aryl methyl sites for hydroxylation is 1. The van der Waals surface area contributed by atoms with Gasteiger partial charge in [0.2, 0.25) is 10.0 Å². The van der Waals surface area contributed by atoms with Gasteiger partial charge in [0.25, 0.3) is 0 Å². The average Bonchev–Trinajstić information content (AvgIpc) is 2.52. The van der Waals surface area contributed by atoms with Crippen molar-refractivity contribution >= 4 is 10.0 Å². The molecule has 0 atom stereocenters. The number of hydrogen-bond donors (Lipinski definition) is 1. The Labute approximate surface area is 139 Å². The van der Waals surface area contributed by atoms with Crippen molar-refractivity contribution in [3.8, 4) is 17.6 Å². The first-order valence-corrected chi connectivity index (χ1v) is 8.48. The summed E-state index contributed by atoms with van der Waals surface area (Å²) < 4.78 is 58.2. The van der Waals surface area contributed by atoms with E-state index >= 15 is 0 Å². The summed E-state index contributed by atoms with van der Waals surface area (Å²) >= 11 is 0. The summed E-state index contributed by atoms with van der Waals surface area (Å²) in [5.41, 5.74) is 0.954. The number of benzene rings is 2. The predicted molar refractivity (Wildman–Crippen MR) is 86.0 cm³/mol. The Hall–Kier alpha value is -2.43. The molecule has 0 bridgehead atoms. The summed E-state index contributed by atoms with van der Waals surface area (Å²) in [4.78, 5) is -1.01. The first-order chi connectivity index (χ1) is 11.4. The van der Waals surface area contributed by atoms with E-state index in [1.54, 1.807) is 6.07 Å². The minimum absolute atomic E-state index is 0.0701. The minimum Gasteiger partial charge on any atom is -0.481 e. The van der Waals surface area contributed by atoms with E-state index in [2.05, 4.69) is 11.8 Å². The first-order valence-electron chi connectivity index (χ1n) is 6.99. The topological polar surface area (TPSA) is 55.4 Å². The van der Waals surface area contributed by atoms with Crippen LogP contribution >= 0.6 is 0 Å². The molecule has 126 valence electrons. The maximum atomic E-state index is 13.5. The molecule has 0 saturated carbocycles. The molecule has 2 rings (SSSR count). The lowest BCUT2D eigenvalue weighted by molar-refractivity contribution is 0.367. The van der Waals surface area contributed by atoms with Crippen LogP contribution in [0, 0.1) is 30.4 Å². The van der Waals surface area contributed by atoms with Crippen LogP contribution in [0.2, 0.25) is 0 Å². The van der Waals surface area contributed by atoms with Gasteiger partial charge in [0.05, 0.1) is 6.54 Å². The van der Waals surface area contributed by atoms with Crippen LogP contribution in [-0.4, -0.2) is 21.6 Å². The smallest absolute Gasteiger partial charge is 0.247 e. The molecule has 0 aliphatic carbocycles. The van der Waals surface area contributed by atoms with Gasteiger partial charge in [-0.3, -0.25) is 0 Å². The van der Waals surface area contributed by atoms with Crippen molar-refractivity contribution in [2.24, 2.45) is 0 Å². The van der Waals surface area contributed by atoms with Gasteiger partial charge in [0.1, 0.15) is 24.0 Å². The highest BCUT2D eigenvalue weighted by Gasteiger charge is 2.22. The summed E-state index contributed by atoms with van der Waals surface area (Å²) in [5.74, 6) is 3.53. The lowest BCUT2D eigenvalue weighted by atomic mass is 10.2. The third-order valence-electron chi connectivity index (χ3n) is 3.06. The van der Waals surface area contributed by atoms with Crippen LogP contribution in [0.1, 0.15) is 5.56 Å². The number of sulfonamides is 1. The second kappa shape index (κ2) is 7.90. The Morgan fingerprint density at radius 1 is 1.04 bits per heavy atom. The maximum Gasteiger partial charge on any atom is 0.247 e. The van der Waals surface area contributed by atoms with Crippen LogP contribution in [-0.2, 0) is 10.0 Å². The van der Waals surface area contributed by atoms with Gasteiger partial charge in [0.15, 0.2) is 4.90 Å². The van der Waals surface area contributed by atoms with Crippen LogP contribution in [0.5, 0.6) is 5.75 Å². The predicted octanol–water partition coefficient (Wildman–Crippen LogP) is 2.63. The Morgan fingerprint density at radius 3 is 2.38 bits per heavy atom. The summed E-state index contributed by atoms with van der Waals surface area (Å²) in [6.07, 6.45) is 0. The molecule has 2 aromatic rings. The Balaban J connectivity index is 1.92. The second-order valence-corrected chi connectivity index (χ2v) is 6.49. The zero-order valence-electron chi connectivity index (χ0n) is 12.8. The molecule has 2 aromatic carbocycles. The molecule has 1 N–H and O–H groups in total. The van der Waals surface area contributed by atoms with E-state index in [0.29, 0.717) is 5.75 Å². The lowest BCUT2D eigenvalue weighted by Crippen LogP contribution is -2.26. The fraction of sp³-hybridized carbons (Fsp3) is 0.176. The highest BCUT2D eigenvalue weighted by Crippen LogP contribution is 2.17. The number of rotatable bonds is 5. The molecule has 0 radical (unpaired) electrons. The molecule has 0 aromatic heterocycles. The maximum absolute atomic E-state index is 13.5. The van der Waals surface area contributed by atoms with Crippen LogP contribution in [0.15, 0.2) is 47.4 Å². The van der Waals surface area contributed by atoms with E-state index in [1.165, 1.54) is 0 Å². The van der Waals surface area contributed by atoms with Crippen molar-refractivity contribution in [2.75, 3.05) is 13.2 Å². The molecular weight excluding hydrogens is 336 g/mol. The van der Waals surface area contributed by atoms with Crippen LogP contribution < -0.4 is 9.46 Å². The zero-order valence-corrected chi connectivity index (χ0v) is 13.7. The van der Waals surface area contributed by atoms with Crippen molar-refractivity contribution in [1.82, 2.24) is 4.72 Å². The molecule has 7 heteroatoms. The van der Waals surface area contributed by atoms with E-state index in [0.717, 1.165) is 23.8 Å². The van der Waals surface area contributed by atoms with Gasteiger partial charge in [-0.2, -0.15) is 4.72 Å². The quantitative estimate of drug-likeness (QED) is 0.843. The van der Waals surface area contributed by atoms with Crippen molar-refractivity contribution in [3.05, 3.63) is 59.7 Å². The molecule has 0 saturated heterocycles. The summed E-state index contributed by atoms with van der Waals surface area (Å²) in [5, 5.41) is 0. The molecule has 4 nitrogen and oxygen atoms in total. The monoisotopic (exact) mass is 351 g/mol. The van der Waals surface area contributed by atoms with E-state index < -0.39 is 26.6 Å². The fourth-order valence-corrected chi connectivity index (χ4v) is 2.94. The molecule has 0 unspecified atom stereocenters. The molecule has 0 spiro atoms. The van der Waals surface area contributed by atoms with Gasteiger partial charge in [-0.05, 0) is 30.7 Å². The Kier molecular flexibility index (Phi) is 5.90. The zero-order chi connectivity index (χ0) is 17.6. The van der Waals surface area contributed by atoms with E-state index in [9.17, 15) is 17.2 Å². The van der Waals surface area contributed by atoms with Gasteiger partial charge in [0, 0.05) is 0 Å². The third-order valence-corrected chi connectivity index (χ3v) is 4.51. The van der Waals surface area contributed by atoms with Crippen molar-refractivity contribution in [2.45, 2.75) is 11.8 Å². The van der Waals surface area contributed by atoms with Crippen LogP contribution in [0.4, 0.5) is 8.78 Å². The van der Waals surface area contributed by atoms with Gasteiger partial charge in [-0.15, -0.1) is 0 Å². The number of para-hydroxylation sites is 1. The van der Waals surface area contributed by atoms with Crippen molar-refractivity contribution in [1.29, 1.82) is 0 Å². The largest absolute Gasteiger partial charge is 0.481 e. The number of ether oxygens (including phenoxy) is 1. The third kappa shape index (κ3) is 4.54. The van der Waals surface area contributed by atoms with Crippen LogP contribution in [0.3, 0.4) is 0 Å². The molecule has 0 fully saturated rings. The average molecular weight is 351 g/mol. The highest BCUT2D eigenvalue weighted by atomic mass is 32.2. The van der Waals surface area contributed by atoms with E-state index in [-0.39, 0.29) is 13.2 Å². The SMILES string of the molecule is Cc1ccccc1OCC#CCNS(=O)(=O)c1c(F)cccc1F. The highest BCUT2D eigenvalue weighted by molar-refractivity contribution is 7.89. The van der Waals surface area contributed by atoms with Crippen LogP contribution in [0.25, 0.3) is 0 Å². The lowest BCUT2D eigenvalue weighted by Gasteiger charge is -2.06. The second-order valence-electron chi connectivity index (χ2n) is 4.78. The molecule has 0 aliphatic rings. The summed E-state index contributed by atoms with van der Waals surface area (Å²) in [7, 11) is -4.31. The van der Waals surface area contributed by atoms with Gasteiger partial charge in [-0.25, -0.2) is 17.2 Å². The number of hydrogen-bond acceptors (Lipinski definition) is 3. The molecular formula is C17H15F2NO3S. The number of halogens is 2. The van der Waals surface area contributed by atoms with E-state index in [1.807, 2.05) is 29.8 Å². The molecule has 0 amide bonds. The number of nitrogens with one attached hydrogen (secondary N) is 1. The molecule has 0 heterocycles. The standard InChI is InChI=1S/C17H15F2NO3S/c1-13-7-2-3-10-16(13)23-12-5-4-11-20-24(21,22)17-14(18)8-6-9-15(17)19/h2-3,6-10,20H,11-12H2,1H3. The van der Waals surface area contributed by atoms with Gasteiger partial charge in [-0.1, -0.05) is 36.1 Å².